The summed E-state index contributed by atoms with van der Waals surface area (Å²) in [7, 11) is 0. The van der Waals surface area contributed by atoms with E-state index in [1.165, 1.54) is 26.0 Å². The van der Waals surface area contributed by atoms with Crippen LogP contribution in [0, 0.1) is 0 Å². The van der Waals surface area contributed by atoms with Gasteiger partial charge in [-0.15, -0.1) is 0 Å². The van der Waals surface area contributed by atoms with E-state index in [2.05, 4.69) is 0 Å². The average molecular weight is 532 g/mol. The molecule has 1 aromatic rings. The molecule has 0 radical (unpaired) electrons. The van der Waals surface area contributed by atoms with Crippen molar-refractivity contribution >= 4 is 0 Å². The molecular formula is C18H15F15O. The third-order valence-electron chi connectivity index (χ3n) is 4.82. The molecule has 34 heavy (non-hydrogen) atoms. The topological polar surface area (TPSA) is 20.2 Å². The minimum Gasteiger partial charge on any atom is -0.388 e. The second-order valence-electron chi connectivity index (χ2n) is 7.58. The molecule has 0 aliphatic rings. The number of hydrogen-bond donors (Lipinski definition) is 1. The fraction of sp³-hybridized carbons (Fsp3) is 0.667. The van der Waals surface area contributed by atoms with E-state index >= 15 is 0 Å². The summed E-state index contributed by atoms with van der Waals surface area (Å²) in [6.07, 6.45) is -13.2. The minimum atomic E-state index is -8.34. The van der Waals surface area contributed by atoms with Gasteiger partial charge in [0, 0.05) is 6.42 Å². The van der Waals surface area contributed by atoms with E-state index in [1.54, 1.807) is 0 Å². The summed E-state index contributed by atoms with van der Waals surface area (Å²) in [6, 6.07) is 4.40. The van der Waals surface area contributed by atoms with Gasteiger partial charge in [0.25, 0.3) is 0 Å². The van der Waals surface area contributed by atoms with Crippen LogP contribution < -0.4 is 0 Å². The smallest absolute Gasteiger partial charge is 0.388 e. The molecule has 1 aromatic carbocycles. The number of rotatable bonds is 9. The molecule has 0 spiro atoms. The summed E-state index contributed by atoms with van der Waals surface area (Å²) in [6.45, 7) is 2.83. The zero-order valence-corrected chi connectivity index (χ0v) is 16.8. The maximum Gasteiger partial charge on any atom is 0.460 e. The maximum atomic E-state index is 14.0. The molecule has 0 heterocycles. The normalized spacial score (nSPS) is 16.2. The van der Waals surface area contributed by atoms with E-state index in [-0.39, 0.29) is 5.56 Å². The van der Waals surface area contributed by atoms with Crippen LogP contribution in [0.4, 0.5) is 65.9 Å². The van der Waals surface area contributed by atoms with Crippen molar-refractivity contribution in [3.8, 4) is 0 Å². The van der Waals surface area contributed by atoms with Crippen molar-refractivity contribution in [2.75, 3.05) is 0 Å². The van der Waals surface area contributed by atoms with Crippen LogP contribution in [-0.2, 0) is 0 Å². The number of aliphatic hydroxyl groups excluding tert-OH is 1. The van der Waals surface area contributed by atoms with Gasteiger partial charge in [-0.2, -0.15) is 65.9 Å². The lowest BCUT2D eigenvalue weighted by Crippen LogP contribution is -2.72. The van der Waals surface area contributed by atoms with Crippen molar-refractivity contribution in [1.29, 1.82) is 0 Å². The first-order valence-corrected chi connectivity index (χ1v) is 8.91. The van der Waals surface area contributed by atoms with Gasteiger partial charge in [0.15, 0.2) is 0 Å². The highest BCUT2D eigenvalue weighted by molar-refractivity contribution is 5.32. The highest BCUT2D eigenvalue weighted by atomic mass is 19.4. The Morgan fingerprint density at radius 2 is 0.941 bits per heavy atom. The van der Waals surface area contributed by atoms with Gasteiger partial charge in [-0.05, 0) is 17.0 Å². The molecule has 1 nitrogen and oxygen atoms in total. The summed E-state index contributed by atoms with van der Waals surface area (Å²) in [5.74, 6) is -47.5. The predicted octanol–water partition coefficient (Wildman–Crippen LogP) is 7.61. The quantitative estimate of drug-likeness (QED) is 0.325. The van der Waals surface area contributed by atoms with E-state index in [4.69, 9.17) is 0 Å². The van der Waals surface area contributed by atoms with Gasteiger partial charge in [0.2, 0.25) is 0 Å². The van der Waals surface area contributed by atoms with Gasteiger partial charge in [-0.3, -0.25) is 0 Å². The largest absolute Gasteiger partial charge is 0.460 e. The zero-order chi connectivity index (χ0) is 27.3. The summed E-state index contributed by atoms with van der Waals surface area (Å²) in [5.41, 5.74) is -0.570. The van der Waals surface area contributed by atoms with Crippen LogP contribution >= 0.6 is 0 Å². The Bertz CT molecular complexity index is 857. The Kier molecular flexibility index (Phi) is 7.68. The first kappa shape index (κ1) is 30.2. The molecule has 0 aromatic heterocycles. The molecular weight excluding hydrogens is 517 g/mol. The van der Waals surface area contributed by atoms with Crippen molar-refractivity contribution in [2.45, 2.75) is 74.0 Å². The molecule has 0 aliphatic carbocycles. The third-order valence-corrected chi connectivity index (χ3v) is 4.82. The number of aliphatic hydroxyl groups is 1. The molecule has 1 atom stereocenters. The molecule has 1 N–H and O–H groups in total. The lowest BCUT2D eigenvalue weighted by Gasteiger charge is -2.41. The first-order valence-electron chi connectivity index (χ1n) is 8.91. The van der Waals surface area contributed by atoms with Crippen LogP contribution in [-0.4, -0.2) is 46.8 Å². The fourth-order valence-electron chi connectivity index (χ4n) is 2.82. The van der Waals surface area contributed by atoms with Gasteiger partial charge in [-0.1, -0.05) is 38.1 Å². The van der Waals surface area contributed by atoms with E-state index in [9.17, 15) is 71.0 Å². The highest BCUT2D eigenvalue weighted by Gasteiger charge is 2.93. The van der Waals surface area contributed by atoms with Crippen molar-refractivity contribution in [1.82, 2.24) is 0 Å². The van der Waals surface area contributed by atoms with Gasteiger partial charge in [0.1, 0.15) is 0 Å². The Labute approximate surface area is 181 Å². The molecule has 0 saturated heterocycles. The number of hydrogen-bond acceptors (Lipinski definition) is 1. The lowest BCUT2D eigenvalue weighted by atomic mass is 9.87. The molecule has 1 rings (SSSR count). The second kappa shape index (κ2) is 8.66. The molecule has 0 bridgehead atoms. The van der Waals surface area contributed by atoms with E-state index in [1.807, 2.05) is 0 Å². The molecule has 0 fully saturated rings. The Morgan fingerprint density at radius 1 is 0.588 bits per heavy atom. The average Bonchev–Trinajstić information content (AvgIpc) is 2.65. The van der Waals surface area contributed by atoms with Crippen molar-refractivity contribution in [3.05, 3.63) is 35.4 Å². The minimum absolute atomic E-state index is 0.00237. The first-order chi connectivity index (χ1) is 14.8. The standard InChI is InChI=1S/C18H15F15O/c1-8(2)9-5-3-4-6-10(9)11(34)7-12(19,20)13(21,22)14(23,24)15(25,26)16(27,28)17(29,30)18(31,32)33/h3-6,8,11,34H,7H2,1-2H3. The monoisotopic (exact) mass is 532 g/mol. The lowest BCUT2D eigenvalue weighted by molar-refractivity contribution is -0.453. The van der Waals surface area contributed by atoms with Crippen LogP contribution in [0.15, 0.2) is 24.3 Å². The van der Waals surface area contributed by atoms with E-state index in [0.717, 1.165) is 12.1 Å². The van der Waals surface area contributed by atoms with Crippen LogP contribution in [0.25, 0.3) is 0 Å². The molecule has 0 aliphatic heterocycles. The van der Waals surface area contributed by atoms with Crippen molar-refractivity contribution in [3.63, 3.8) is 0 Å². The fourth-order valence-corrected chi connectivity index (χ4v) is 2.82. The zero-order valence-electron chi connectivity index (χ0n) is 16.8. The summed E-state index contributed by atoms with van der Waals surface area (Å²) in [5, 5.41) is 9.85. The Hall–Kier alpha value is -1.87. The predicted molar refractivity (Wildman–Crippen MR) is 85.8 cm³/mol. The Morgan fingerprint density at radius 3 is 1.32 bits per heavy atom. The second-order valence-corrected chi connectivity index (χ2v) is 7.58. The van der Waals surface area contributed by atoms with Crippen molar-refractivity contribution < 1.29 is 71.0 Å². The molecule has 0 amide bonds. The van der Waals surface area contributed by atoms with Crippen LogP contribution in [0.5, 0.6) is 0 Å². The molecule has 0 saturated carbocycles. The molecule has 198 valence electrons. The number of halogens is 15. The van der Waals surface area contributed by atoms with Crippen LogP contribution in [0.2, 0.25) is 0 Å². The third kappa shape index (κ3) is 4.41. The SMILES string of the molecule is CC(C)c1ccccc1C(O)CC(F)(F)C(F)(F)C(F)(F)C(F)(F)C(F)(F)C(F)(F)C(F)(F)F. The molecule has 16 heteroatoms. The van der Waals surface area contributed by atoms with Gasteiger partial charge in [-0.25, -0.2) is 0 Å². The number of alkyl halides is 15. The van der Waals surface area contributed by atoms with E-state index < -0.39 is 65.7 Å². The Balaban J connectivity index is 3.50. The van der Waals surface area contributed by atoms with Crippen LogP contribution in [0.3, 0.4) is 0 Å². The summed E-state index contributed by atoms with van der Waals surface area (Å²) in [4.78, 5) is 0. The molecule has 1 unspecified atom stereocenters. The van der Waals surface area contributed by atoms with E-state index in [0.29, 0.717) is 0 Å². The van der Waals surface area contributed by atoms with Gasteiger partial charge >= 0.3 is 41.7 Å². The van der Waals surface area contributed by atoms with Crippen molar-refractivity contribution in [2.24, 2.45) is 0 Å². The summed E-state index contributed by atoms with van der Waals surface area (Å²) < 4.78 is 199. The summed E-state index contributed by atoms with van der Waals surface area (Å²) >= 11 is 0. The maximum absolute atomic E-state index is 14.0. The van der Waals surface area contributed by atoms with Gasteiger partial charge in [0.05, 0.1) is 6.10 Å². The van der Waals surface area contributed by atoms with Gasteiger partial charge < -0.3 is 5.11 Å². The number of benzene rings is 1. The van der Waals surface area contributed by atoms with Crippen LogP contribution in [0.1, 0.15) is 43.4 Å². The highest BCUT2D eigenvalue weighted by Crippen LogP contribution is 2.63.